The van der Waals surface area contributed by atoms with Crippen molar-refractivity contribution in [3.63, 3.8) is 0 Å². The van der Waals surface area contributed by atoms with Gasteiger partial charge in [-0.15, -0.1) is 0 Å². The van der Waals surface area contributed by atoms with E-state index in [1.165, 1.54) is 11.1 Å². The predicted octanol–water partition coefficient (Wildman–Crippen LogP) is 3.14. The molecule has 0 radical (unpaired) electrons. The van der Waals surface area contributed by atoms with Gasteiger partial charge >= 0.3 is 0 Å². The first-order valence-electron chi connectivity index (χ1n) is 7.92. The number of likely N-dealkylation sites (tertiary alicyclic amines) is 1. The fourth-order valence-electron chi connectivity index (χ4n) is 2.86. The molecule has 0 unspecified atom stereocenters. The first-order chi connectivity index (χ1) is 10.7. The average Bonchev–Trinajstić information content (AvgIpc) is 2.55. The topological polar surface area (TPSA) is 38.2 Å². The zero-order chi connectivity index (χ0) is 15.4. The number of piperidine rings is 1. The Labute approximate surface area is 132 Å². The summed E-state index contributed by atoms with van der Waals surface area (Å²) in [4.78, 5) is 10.7. The molecule has 3 rings (SSSR count). The summed E-state index contributed by atoms with van der Waals surface area (Å²) < 4.78 is 6.21. The summed E-state index contributed by atoms with van der Waals surface area (Å²) in [6.45, 7) is 7.28. The molecule has 1 aliphatic heterocycles. The number of hydrogen-bond donors (Lipinski definition) is 0. The third kappa shape index (κ3) is 3.63. The van der Waals surface area contributed by atoms with Gasteiger partial charge in [-0.3, -0.25) is 4.90 Å². The summed E-state index contributed by atoms with van der Waals surface area (Å²) in [6.07, 6.45) is 5.88. The minimum absolute atomic E-state index is 0.321. The van der Waals surface area contributed by atoms with Crippen molar-refractivity contribution in [1.29, 1.82) is 0 Å². The molecule has 4 nitrogen and oxygen atoms in total. The van der Waals surface area contributed by atoms with Crippen molar-refractivity contribution < 1.29 is 4.74 Å². The standard InChI is InChI=1S/C18H23N3O/c1-14-4-3-5-18(15(14)2)22-17-7-10-21(11-8-17)12-16-6-9-19-13-20-16/h3-6,9,13,17H,7-8,10-12H2,1-2H3. The van der Waals surface area contributed by atoms with Crippen LogP contribution in [0.25, 0.3) is 0 Å². The molecule has 116 valence electrons. The number of rotatable bonds is 4. The molecule has 0 amide bonds. The molecule has 2 aromatic rings. The Kier molecular flexibility index (Phi) is 4.68. The highest BCUT2D eigenvalue weighted by molar-refractivity contribution is 5.38. The number of benzene rings is 1. The lowest BCUT2D eigenvalue weighted by Gasteiger charge is -2.32. The quantitative estimate of drug-likeness (QED) is 0.869. The minimum Gasteiger partial charge on any atom is -0.490 e. The number of nitrogens with zero attached hydrogens (tertiary/aromatic N) is 3. The second kappa shape index (κ2) is 6.88. The van der Waals surface area contributed by atoms with E-state index in [0.29, 0.717) is 6.10 Å². The van der Waals surface area contributed by atoms with E-state index < -0.39 is 0 Å². The van der Waals surface area contributed by atoms with E-state index in [4.69, 9.17) is 4.74 Å². The zero-order valence-corrected chi connectivity index (χ0v) is 13.3. The highest BCUT2D eigenvalue weighted by Gasteiger charge is 2.21. The SMILES string of the molecule is Cc1cccc(OC2CCN(Cc3ccncn3)CC2)c1C. The van der Waals surface area contributed by atoms with Crippen molar-refractivity contribution in [2.75, 3.05) is 13.1 Å². The van der Waals surface area contributed by atoms with E-state index >= 15 is 0 Å². The summed E-state index contributed by atoms with van der Waals surface area (Å²) in [5, 5.41) is 0. The maximum Gasteiger partial charge on any atom is 0.122 e. The highest BCUT2D eigenvalue weighted by Crippen LogP contribution is 2.25. The molecule has 2 heterocycles. The van der Waals surface area contributed by atoms with Gasteiger partial charge in [0, 0.05) is 25.8 Å². The monoisotopic (exact) mass is 297 g/mol. The Bertz CT molecular complexity index is 607. The summed E-state index contributed by atoms with van der Waals surface area (Å²) in [5.41, 5.74) is 3.63. The molecule has 1 fully saturated rings. The summed E-state index contributed by atoms with van der Waals surface area (Å²) in [5.74, 6) is 1.04. The largest absolute Gasteiger partial charge is 0.490 e. The summed E-state index contributed by atoms with van der Waals surface area (Å²) in [6, 6.07) is 8.27. The normalized spacial score (nSPS) is 16.6. The lowest BCUT2D eigenvalue weighted by atomic mass is 10.1. The van der Waals surface area contributed by atoms with Crippen LogP contribution >= 0.6 is 0 Å². The van der Waals surface area contributed by atoms with Crippen molar-refractivity contribution >= 4 is 0 Å². The van der Waals surface area contributed by atoms with E-state index in [9.17, 15) is 0 Å². The van der Waals surface area contributed by atoms with E-state index in [1.807, 2.05) is 6.07 Å². The van der Waals surface area contributed by atoms with Crippen molar-refractivity contribution in [3.8, 4) is 5.75 Å². The minimum atomic E-state index is 0.321. The van der Waals surface area contributed by atoms with Crippen LogP contribution < -0.4 is 4.74 Å². The van der Waals surface area contributed by atoms with Crippen LogP contribution in [0, 0.1) is 13.8 Å². The molecule has 1 aromatic carbocycles. The molecule has 0 N–H and O–H groups in total. The maximum atomic E-state index is 6.21. The Balaban J connectivity index is 1.52. The van der Waals surface area contributed by atoms with Crippen molar-refractivity contribution in [2.45, 2.75) is 39.3 Å². The van der Waals surface area contributed by atoms with Crippen LogP contribution in [0.15, 0.2) is 36.8 Å². The molecule has 0 bridgehead atoms. The van der Waals surface area contributed by atoms with Crippen LogP contribution in [0.3, 0.4) is 0 Å². The van der Waals surface area contributed by atoms with Crippen molar-refractivity contribution in [2.24, 2.45) is 0 Å². The van der Waals surface area contributed by atoms with E-state index in [2.05, 4.69) is 46.9 Å². The fraction of sp³-hybridized carbons (Fsp3) is 0.444. The molecule has 1 aliphatic rings. The molecule has 0 atom stereocenters. The second-order valence-electron chi connectivity index (χ2n) is 5.99. The molecule has 1 saturated heterocycles. The first kappa shape index (κ1) is 15.0. The first-order valence-corrected chi connectivity index (χ1v) is 7.92. The second-order valence-corrected chi connectivity index (χ2v) is 5.99. The van der Waals surface area contributed by atoms with Gasteiger partial charge in [-0.25, -0.2) is 9.97 Å². The number of aryl methyl sites for hydroxylation is 1. The molecular weight excluding hydrogens is 274 g/mol. The number of hydrogen-bond acceptors (Lipinski definition) is 4. The van der Waals surface area contributed by atoms with Crippen LogP contribution in [0.4, 0.5) is 0 Å². The fourth-order valence-corrected chi connectivity index (χ4v) is 2.86. The molecule has 22 heavy (non-hydrogen) atoms. The number of ether oxygens (including phenoxy) is 1. The van der Waals surface area contributed by atoms with Crippen LogP contribution in [0.2, 0.25) is 0 Å². The van der Waals surface area contributed by atoms with Gasteiger partial charge in [0.1, 0.15) is 18.2 Å². The van der Waals surface area contributed by atoms with Crippen LogP contribution in [-0.2, 0) is 6.54 Å². The Hall–Kier alpha value is -1.94. The Morgan fingerprint density at radius 1 is 1.18 bits per heavy atom. The summed E-state index contributed by atoms with van der Waals surface area (Å²) in [7, 11) is 0. The smallest absolute Gasteiger partial charge is 0.122 e. The molecule has 0 saturated carbocycles. The average molecular weight is 297 g/mol. The number of aromatic nitrogens is 2. The molecule has 0 spiro atoms. The van der Waals surface area contributed by atoms with Gasteiger partial charge in [0.15, 0.2) is 0 Å². The van der Waals surface area contributed by atoms with E-state index in [-0.39, 0.29) is 0 Å². The van der Waals surface area contributed by atoms with Crippen molar-refractivity contribution in [1.82, 2.24) is 14.9 Å². The van der Waals surface area contributed by atoms with E-state index in [0.717, 1.165) is 43.9 Å². The lowest BCUT2D eigenvalue weighted by Crippen LogP contribution is -2.38. The zero-order valence-electron chi connectivity index (χ0n) is 13.3. The predicted molar refractivity (Wildman–Crippen MR) is 86.9 cm³/mol. The highest BCUT2D eigenvalue weighted by atomic mass is 16.5. The molecule has 4 heteroatoms. The van der Waals surface area contributed by atoms with Gasteiger partial charge in [-0.05, 0) is 49.9 Å². The van der Waals surface area contributed by atoms with Crippen molar-refractivity contribution in [3.05, 3.63) is 53.6 Å². The van der Waals surface area contributed by atoms with Gasteiger partial charge < -0.3 is 4.74 Å². The third-order valence-electron chi connectivity index (χ3n) is 4.41. The Morgan fingerprint density at radius 3 is 2.73 bits per heavy atom. The molecular formula is C18H23N3O. The van der Waals surface area contributed by atoms with Crippen LogP contribution in [0.5, 0.6) is 5.75 Å². The van der Waals surface area contributed by atoms with Gasteiger partial charge in [0.25, 0.3) is 0 Å². The van der Waals surface area contributed by atoms with Crippen LogP contribution in [-0.4, -0.2) is 34.1 Å². The van der Waals surface area contributed by atoms with Gasteiger partial charge in [-0.2, -0.15) is 0 Å². The summed E-state index contributed by atoms with van der Waals surface area (Å²) >= 11 is 0. The third-order valence-corrected chi connectivity index (χ3v) is 4.41. The Morgan fingerprint density at radius 2 is 2.00 bits per heavy atom. The lowest BCUT2D eigenvalue weighted by molar-refractivity contribution is 0.0955. The van der Waals surface area contributed by atoms with Crippen LogP contribution in [0.1, 0.15) is 29.7 Å². The van der Waals surface area contributed by atoms with Gasteiger partial charge in [0.2, 0.25) is 0 Å². The molecule has 1 aromatic heterocycles. The van der Waals surface area contributed by atoms with E-state index in [1.54, 1.807) is 12.5 Å². The molecule has 0 aliphatic carbocycles. The van der Waals surface area contributed by atoms with Gasteiger partial charge in [-0.1, -0.05) is 12.1 Å². The van der Waals surface area contributed by atoms with Gasteiger partial charge in [0.05, 0.1) is 5.69 Å². The maximum absolute atomic E-state index is 6.21.